The molecule has 0 aliphatic carbocycles. The van der Waals surface area contributed by atoms with Gasteiger partial charge in [-0.1, -0.05) is 30.3 Å². The van der Waals surface area contributed by atoms with Gasteiger partial charge in [0, 0.05) is 24.0 Å². The van der Waals surface area contributed by atoms with Crippen LogP contribution in [0.15, 0.2) is 67.0 Å². The minimum Gasteiger partial charge on any atom is -0.383 e. The summed E-state index contributed by atoms with van der Waals surface area (Å²) in [6, 6.07) is 16.5. The van der Waals surface area contributed by atoms with Gasteiger partial charge < -0.3 is 5.32 Å². The number of rotatable bonds is 5. The maximum Gasteiger partial charge on any atom is 0.123 e. The lowest BCUT2D eigenvalue weighted by molar-refractivity contribution is 0.627. The highest BCUT2D eigenvalue weighted by atomic mass is 19.1. The second-order valence-corrected chi connectivity index (χ2v) is 4.79. The summed E-state index contributed by atoms with van der Waals surface area (Å²) in [7, 11) is 0. The summed E-state index contributed by atoms with van der Waals surface area (Å²) in [5.74, 6) is -0.222. The van der Waals surface area contributed by atoms with E-state index in [9.17, 15) is 4.39 Å². The molecule has 2 aromatic carbocycles. The van der Waals surface area contributed by atoms with Crippen LogP contribution in [0.3, 0.4) is 0 Å². The summed E-state index contributed by atoms with van der Waals surface area (Å²) in [5.41, 5.74) is 3.18. The molecule has 0 bridgehead atoms. The lowest BCUT2D eigenvalue weighted by Gasteiger charge is -2.06. The van der Waals surface area contributed by atoms with Gasteiger partial charge in [-0.25, -0.2) is 4.39 Å². The van der Waals surface area contributed by atoms with E-state index in [0.29, 0.717) is 0 Å². The van der Waals surface area contributed by atoms with Crippen LogP contribution in [-0.2, 0) is 6.54 Å². The zero-order chi connectivity index (χ0) is 14.5. The Hall–Kier alpha value is -2.62. The molecule has 0 saturated heterocycles. The standard InChI is InChI=1S/C17H16FN3/c18-16-6-8-17(9-7-16)19-10-11-21-13-15(12-20-21)14-4-2-1-3-5-14/h1-9,12-13,19H,10-11H2. The van der Waals surface area contributed by atoms with E-state index in [1.54, 1.807) is 12.1 Å². The molecule has 21 heavy (non-hydrogen) atoms. The first kappa shape index (κ1) is 13.4. The number of benzene rings is 2. The fraction of sp³-hybridized carbons (Fsp3) is 0.118. The Labute approximate surface area is 123 Å². The molecule has 4 heteroatoms. The third kappa shape index (κ3) is 3.48. The van der Waals surface area contributed by atoms with Gasteiger partial charge in [0.15, 0.2) is 0 Å². The van der Waals surface area contributed by atoms with Crippen molar-refractivity contribution < 1.29 is 4.39 Å². The van der Waals surface area contributed by atoms with Gasteiger partial charge in [-0.2, -0.15) is 5.10 Å². The molecule has 0 spiro atoms. The summed E-state index contributed by atoms with van der Waals surface area (Å²) >= 11 is 0. The maximum absolute atomic E-state index is 12.8. The summed E-state index contributed by atoms with van der Waals surface area (Å²) in [6.07, 6.45) is 3.90. The lowest BCUT2D eigenvalue weighted by Crippen LogP contribution is -2.10. The van der Waals surface area contributed by atoms with Crippen molar-refractivity contribution in [1.82, 2.24) is 9.78 Å². The highest BCUT2D eigenvalue weighted by Crippen LogP contribution is 2.17. The summed E-state index contributed by atoms with van der Waals surface area (Å²) in [4.78, 5) is 0. The minimum absolute atomic E-state index is 0.222. The summed E-state index contributed by atoms with van der Waals surface area (Å²) < 4.78 is 14.7. The molecule has 0 aliphatic rings. The first-order valence-electron chi connectivity index (χ1n) is 6.88. The quantitative estimate of drug-likeness (QED) is 0.771. The number of nitrogens with one attached hydrogen (secondary N) is 1. The molecule has 1 N–H and O–H groups in total. The first-order valence-corrected chi connectivity index (χ1v) is 6.88. The molecule has 3 nitrogen and oxygen atoms in total. The SMILES string of the molecule is Fc1ccc(NCCn2cc(-c3ccccc3)cn2)cc1. The van der Waals surface area contributed by atoms with E-state index in [4.69, 9.17) is 0 Å². The monoisotopic (exact) mass is 281 g/mol. The van der Waals surface area contributed by atoms with Crippen LogP contribution in [0.25, 0.3) is 11.1 Å². The molecule has 106 valence electrons. The predicted molar refractivity (Wildman–Crippen MR) is 82.6 cm³/mol. The Morgan fingerprint density at radius 3 is 2.48 bits per heavy atom. The third-order valence-electron chi connectivity index (χ3n) is 3.25. The van der Waals surface area contributed by atoms with Crippen molar-refractivity contribution in [3.05, 3.63) is 72.8 Å². The Morgan fingerprint density at radius 2 is 1.71 bits per heavy atom. The van der Waals surface area contributed by atoms with Gasteiger partial charge in [0.1, 0.15) is 5.82 Å². The third-order valence-corrected chi connectivity index (χ3v) is 3.25. The van der Waals surface area contributed by atoms with Crippen LogP contribution < -0.4 is 5.32 Å². The molecule has 0 aliphatic heterocycles. The number of anilines is 1. The van der Waals surface area contributed by atoms with Crippen LogP contribution in [0.1, 0.15) is 0 Å². The van der Waals surface area contributed by atoms with Crippen molar-refractivity contribution in [1.29, 1.82) is 0 Å². The Bertz CT molecular complexity index is 690. The van der Waals surface area contributed by atoms with Crippen LogP contribution in [0, 0.1) is 5.82 Å². The minimum atomic E-state index is -0.222. The Morgan fingerprint density at radius 1 is 0.952 bits per heavy atom. The number of hydrogen-bond acceptors (Lipinski definition) is 2. The van der Waals surface area contributed by atoms with E-state index in [2.05, 4.69) is 22.5 Å². The van der Waals surface area contributed by atoms with Crippen molar-refractivity contribution in [2.24, 2.45) is 0 Å². The lowest BCUT2D eigenvalue weighted by atomic mass is 10.1. The summed E-state index contributed by atoms with van der Waals surface area (Å²) in [5, 5.41) is 7.60. The van der Waals surface area contributed by atoms with Crippen LogP contribution in [0.2, 0.25) is 0 Å². The van der Waals surface area contributed by atoms with E-state index < -0.39 is 0 Å². The molecule has 0 saturated carbocycles. The van der Waals surface area contributed by atoms with Crippen molar-refractivity contribution in [2.75, 3.05) is 11.9 Å². The van der Waals surface area contributed by atoms with Gasteiger partial charge in [0.05, 0.1) is 12.7 Å². The molecule has 0 amide bonds. The van der Waals surface area contributed by atoms with Gasteiger partial charge in [0.2, 0.25) is 0 Å². The zero-order valence-electron chi connectivity index (χ0n) is 11.5. The van der Waals surface area contributed by atoms with Gasteiger partial charge in [0.25, 0.3) is 0 Å². The smallest absolute Gasteiger partial charge is 0.123 e. The molecule has 1 heterocycles. The molecule has 1 aromatic heterocycles. The van der Waals surface area contributed by atoms with Crippen LogP contribution in [0.4, 0.5) is 10.1 Å². The fourth-order valence-corrected chi connectivity index (χ4v) is 2.15. The molecule has 0 unspecified atom stereocenters. The average Bonchev–Trinajstić information content (AvgIpc) is 2.99. The molecule has 0 fully saturated rings. The number of hydrogen-bond donors (Lipinski definition) is 1. The molecule has 0 radical (unpaired) electrons. The molecular weight excluding hydrogens is 265 g/mol. The molecule has 0 atom stereocenters. The van der Waals surface area contributed by atoms with Gasteiger partial charge in [-0.15, -0.1) is 0 Å². The number of aromatic nitrogens is 2. The van der Waals surface area contributed by atoms with Crippen LogP contribution in [-0.4, -0.2) is 16.3 Å². The van der Waals surface area contributed by atoms with E-state index in [-0.39, 0.29) is 5.82 Å². The summed E-state index contributed by atoms with van der Waals surface area (Å²) in [6.45, 7) is 1.49. The van der Waals surface area contributed by atoms with Crippen LogP contribution >= 0.6 is 0 Å². The van der Waals surface area contributed by atoms with Crippen molar-refractivity contribution in [3.63, 3.8) is 0 Å². The average molecular weight is 281 g/mol. The second kappa shape index (κ2) is 6.22. The predicted octanol–water partition coefficient (Wildman–Crippen LogP) is 3.80. The molecular formula is C17H16FN3. The topological polar surface area (TPSA) is 29.9 Å². The van der Waals surface area contributed by atoms with Crippen LogP contribution in [0.5, 0.6) is 0 Å². The van der Waals surface area contributed by atoms with Crippen molar-refractivity contribution in [2.45, 2.75) is 6.54 Å². The number of halogens is 1. The van der Waals surface area contributed by atoms with Gasteiger partial charge in [-0.05, 0) is 29.8 Å². The number of nitrogens with zero attached hydrogens (tertiary/aromatic N) is 2. The Kier molecular flexibility index (Phi) is 3.96. The van der Waals surface area contributed by atoms with E-state index in [1.165, 1.54) is 12.1 Å². The Balaban J connectivity index is 1.57. The van der Waals surface area contributed by atoms with Gasteiger partial charge in [-0.3, -0.25) is 4.68 Å². The van der Waals surface area contributed by atoms with E-state index in [0.717, 1.165) is 29.9 Å². The zero-order valence-corrected chi connectivity index (χ0v) is 11.5. The van der Waals surface area contributed by atoms with Crippen molar-refractivity contribution >= 4 is 5.69 Å². The fourth-order valence-electron chi connectivity index (χ4n) is 2.15. The van der Waals surface area contributed by atoms with Gasteiger partial charge >= 0.3 is 0 Å². The van der Waals surface area contributed by atoms with E-state index >= 15 is 0 Å². The second-order valence-electron chi connectivity index (χ2n) is 4.79. The highest BCUT2D eigenvalue weighted by molar-refractivity contribution is 5.61. The molecule has 3 aromatic rings. The first-order chi connectivity index (χ1) is 10.3. The maximum atomic E-state index is 12.8. The largest absolute Gasteiger partial charge is 0.383 e. The van der Waals surface area contributed by atoms with E-state index in [1.807, 2.05) is 35.3 Å². The molecule has 3 rings (SSSR count). The highest BCUT2D eigenvalue weighted by Gasteiger charge is 2.01. The normalized spacial score (nSPS) is 10.5. The van der Waals surface area contributed by atoms with Crippen molar-refractivity contribution in [3.8, 4) is 11.1 Å².